The molecule has 1 aliphatic heterocycles. The summed E-state index contributed by atoms with van der Waals surface area (Å²) in [5.74, 6) is -0.0343. The Balaban J connectivity index is 1.67. The highest BCUT2D eigenvalue weighted by Gasteiger charge is 2.34. The van der Waals surface area contributed by atoms with Crippen LogP contribution in [0.4, 0.5) is 10.8 Å². The van der Waals surface area contributed by atoms with Crippen molar-refractivity contribution in [2.24, 2.45) is 0 Å². The predicted molar refractivity (Wildman–Crippen MR) is 104 cm³/mol. The molecule has 138 valence electrons. The number of nitrogens with zero attached hydrogens (tertiary/aromatic N) is 3. The molecule has 1 aliphatic rings. The van der Waals surface area contributed by atoms with Crippen LogP contribution in [0, 0.1) is 6.92 Å². The van der Waals surface area contributed by atoms with Gasteiger partial charge in [0.2, 0.25) is 16.9 Å². The van der Waals surface area contributed by atoms with E-state index in [0.29, 0.717) is 29.5 Å². The number of carbonyl (C=O) groups excluding carboxylic acids is 2. The number of aromatic nitrogens is 2. The Morgan fingerprint density at radius 3 is 2.96 bits per heavy atom. The van der Waals surface area contributed by atoms with Crippen molar-refractivity contribution in [1.29, 1.82) is 0 Å². The molecule has 1 atom stereocenters. The molecule has 0 spiro atoms. The molecule has 1 aromatic carbocycles. The number of nitrogens with one attached hydrogen (secondary N) is 1. The summed E-state index contributed by atoms with van der Waals surface area (Å²) in [7, 11) is 0. The summed E-state index contributed by atoms with van der Waals surface area (Å²) in [4.78, 5) is 26.0. The van der Waals surface area contributed by atoms with Crippen LogP contribution < -0.4 is 10.2 Å². The molecule has 2 amide bonds. The van der Waals surface area contributed by atoms with E-state index in [1.165, 1.54) is 11.3 Å². The van der Waals surface area contributed by atoms with Gasteiger partial charge >= 0.3 is 0 Å². The Hall–Kier alpha value is -1.99. The highest BCUT2D eigenvalue weighted by molar-refractivity contribution is 7.15. The second-order valence-electron chi connectivity index (χ2n) is 6.44. The number of unbranched alkanes of at least 4 members (excludes halogenated alkanes) is 1. The van der Waals surface area contributed by atoms with Crippen molar-refractivity contribution in [3.05, 3.63) is 33.8 Å². The van der Waals surface area contributed by atoms with Crippen LogP contribution in [0.3, 0.4) is 0 Å². The van der Waals surface area contributed by atoms with E-state index in [2.05, 4.69) is 15.5 Å². The zero-order valence-electron chi connectivity index (χ0n) is 14.8. The summed E-state index contributed by atoms with van der Waals surface area (Å²) in [5.41, 5.74) is 1.77. The molecule has 8 heteroatoms. The van der Waals surface area contributed by atoms with Gasteiger partial charge in [-0.3, -0.25) is 9.59 Å². The minimum Gasteiger partial charge on any atom is -0.312 e. The zero-order chi connectivity index (χ0) is 18.7. The van der Waals surface area contributed by atoms with Crippen LogP contribution in [0.15, 0.2) is 18.2 Å². The molecule has 1 fully saturated rings. The van der Waals surface area contributed by atoms with Gasteiger partial charge < -0.3 is 10.2 Å². The third-order valence-corrected chi connectivity index (χ3v) is 5.79. The maximum atomic E-state index is 12.4. The Morgan fingerprint density at radius 1 is 1.42 bits per heavy atom. The molecule has 1 aromatic heterocycles. The maximum Gasteiger partial charge on any atom is 0.227 e. The number of hydrogen-bond donors (Lipinski definition) is 1. The number of amides is 2. The third-order valence-electron chi connectivity index (χ3n) is 4.39. The number of rotatable bonds is 6. The summed E-state index contributed by atoms with van der Waals surface area (Å²) >= 11 is 7.52. The molecule has 6 nitrogen and oxygen atoms in total. The van der Waals surface area contributed by atoms with Crippen molar-refractivity contribution >= 4 is 45.6 Å². The highest BCUT2D eigenvalue weighted by Crippen LogP contribution is 2.35. The lowest BCUT2D eigenvalue weighted by Crippen LogP contribution is -2.24. The van der Waals surface area contributed by atoms with Crippen LogP contribution in [-0.4, -0.2) is 28.6 Å². The van der Waals surface area contributed by atoms with Gasteiger partial charge in [-0.05, 0) is 31.0 Å². The molecular formula is C18H21ClN4O2S. The fraction of sp³-hybridized carbons (Fsp3) is 0.444. The Kier molecular flexibility index (Phi) is 5.88. The SMILES string of the molecule is CCCCC(=O)Nc1nnc(C2CC(=O)N(c3ccc(C)c(Cl)c3)C2)s1. The van der Waals surface area contributed by atoms with Gasteiger partial charge in [0, 0.05) is 36.0 Å². The molecule has 1 N–H and O–H groups in total. The van der Waals surface area contributed by atoms with Gasteiger partial charge in [0.25, 0.3) is 0 Å². The van der Waals surface area contributed by atoms with E-state index in [9.17, 15) is 9.59 Å². The summed E-state index contributed by atoms with van der Waals surface area (Å²) in [5, 5.41) is 12.9. The number of hydrogen-bond acceptors (Lipinski definition) is 5. The van der Waals surface area contributed by atoms with E-state index in [1.54, 1.807) is 4.90 Å². The molecule has 1 saturated heterocycles. The lowest BCUT2D eigenvalue weighted by molar-refractivity contribution is -0.117. The summed E-state index contributed by atoms with van der Waals surface area (Å²) < 4.78 is 0. The van der Waals surface area contributed by atoms with Gasteiger partial charge in [0.05, 0.1) is 0 Å². The summed E-state index contributed by atoms with van der Waals surface area (Å²) in [6.45, 7) is 4.51. The van der Waals surface area contributed by atoms with Crippen molar-refractivity contribution < 1.29 is 9.59 Å². The fourth-order valence-corrected chi connectivity index (χ4v) is 3.87. The Morgan fingerprint density at radius 2 is 2.23 bits per heavy atom. The second-order valence-corrected chi connectivity index (χ2v) is 7.85. The third kappa shape index (κ3) is 4.22. The van der Waals surface area contributed by atoms with Crippen LogP contribution >= 0.6 is 22.9 Å². The van der Waals surface area contributed by atoms with Crippen molar-refractivity contribution in [2.75, 3.05) is 16.8 Å². The lowest BCUT2D eigenvalue weighted by atomic mass is 10.1. The standard InChI is InChI=1S/C18H21ClN4O2S/c1-3-4-5-15(24)20-18-22-21-17(26-18)12-8-16(25)23(10-12)13-7-6-11(2)14(19)9-13/h6-7,9,12H,3-5,8,10H2,1-2H3,(H,20,22,24). The van der Waals surface area contributed by atoms with Crippen molar-refractivity contribution in [2.45, 2.75) is 45.4 Å². The average Bonchev–Trinajstić information content (AvgIpc) is 3.22. The summed E-state index contributed by atoms with van der Waals surface area (Å²) in [6, 6.07) is 5.63. The van der Waals surface area contributed by atoms with E-state index < -0.39 is 0 Å². The first kappa shape index (κ1) is 18.8. The van der Waals surface area contributed by atoms with Crippen LogP contribution in [0.25, 0.3) is 0 Å². The molecule has 0 saturated carbocycles. The second kappa shape index (κ2) is 8.14. The van der Waals surface area contributed by atoms with Gasteiger partial charge in [0.1, 0.15) is 5.01 Å². The van der Waals surface area contributed by atoms with E-state index in [-0.39, 0.29) is 17.7 Å². The number of benzene rings is 1. The maximum absolute atomic E-state index is 12.4. The zero-order valence-corrected chi connectivity index (χ0v) is 16.4. The van der Waals surface area contributed by atoms with Crippen molar-refractivity contribution in [3.63, 3.8) is 0 Å². The smallest absolute Gasteiger partial charge is 0.227 e. The number of anilines is 2. The first-order valence-electron chi connectivity index (χ1n) is 8.67. The average molecular weight is 393 g/mol. The lowest BCUT2D eigenvalue weighted by Gasteiger charge is -2.17. The Labute approximate surface area is 161 Å². The van der Waals surface area contributed by atoms with Gasteiger partial charge in [0.15, 0.2) is 0 Å². The Bertz CT molecular complexity index is 823. The van der Waals surface area contributed by atoms with Crippen molar-refractivity contribution in [3.8, 4) is 0 Å². The van der Waals surface area contributed by atoms with Gasteiger partial charge in [-0.25, -0.2) is 0 Å². The fourth-order valence-electron chi connectivity index (χ4n) is 2.84. The predicted octanol–water partition coefficient (Wildman–Crippen LogP) is 4.15. The molecule has 0 aliphatic carbocycles. The van der Waals surface area contributed by atoms with Gasteiger partial charge in [-0.15, -0.1) is 10.2 Å². The number of carbonyl (C=O) groups is 2. The highest BCUT2D eigenvalue weighted by atomic mass is 35.5. The molecular weight excluding hydrogens is 372 g/mol. The minimum atomic E-state index is -0.0482. The molecule has 26 heavy (non-hydrogen) atoms. The topological polar surface area (TPSA) is 75.2 Å². The first-order valence-corrected chi connectivity index (χ1v) is 9.87. The van der Waals surface area contributed by atoms with E-state index in [0.717, 1.165) is 29.1 Å². The molecule has 1 unspecified atom stereocenters. The van der Waals surface area contributed by atoms with Gasteiger partial charge in [-0.2, -0.15) is 0 Å². The van der Waals surface area contributed by atoms with E-state index in [4.69, 9.17) is 11.6 Å². The quantitative estimate of drug-likeness (QED) is 0.801. The molecule has 0 radical (unpaired) electrons. The number of aryl methyl sites for hydroxylation is 1. The normalized spacial score (nSPS) is 17.0. The van der Waals surface area contributed by atoms with Crippen LogP contribution in [0.5, 0.6) is 0 Å². The molecule has 2 heterocycles. The van der Waals surface area contributed by atoms with Crippen molar-refractivity contribution in [1.82, 2.24) is 10.2 Å². The summed E-state index contributed by atoms with van der Waals surface area (Å²) in [6.07, 6.45) is 2.68. The van der Waals surface area contributed by atoms with E-state index in [1.807, 2.05) is 32.0 Å². The minimum absolute atomic E-state index is 0.0265. The van der Waals surface area contributed by atoms with Crippen LogP contribution in [0.1, 0.15) is 49.1 Å². The molecule has 2 aromatic rings. The van der Waals surface area contributed by atoms with Crippen LogP contribution in [-0.2, 0) is 9.59 Å². The van der Waals surface area contributed by atoms with E-state index >= 15 is 0 Å². The number of halogens is 1. The first-order chi connectivity index (χ1) is 12.5. The monoisotopic (exact) mass is 392 g/mol. The largest absolute Gasteiger partial charge is 0.312 e. The van der Waals surface area contributed by atoms with Gasteiger partial charge in [-0.1, -0.05) is 42.3 Å². The van der Waals surface area contributed by atoms with Crippen LogP contribution in [0.2, 0.25) is 5.02 Å². The molecule has 3 rings (SSSR count). The molecule has 0 bridgehead atoms.